The number of amides is 2. The first-order valence-corrected chi connectivity index (χ1v) is 13.2. The average Bonchev–Trinajstić information content (AvgIpc) is 3.05. The molecule has 7 heterocycles. The number of hydrogen-bond donors (Lipinski definition) is 1. The summed E-state index contributed by atoms with van der Waals surface area (Å²) in [6, 6.07) is 12.1. The summed E-state index contributed by atoms with van der Waals surface area (Å²) in [7, 11) is 0. The molecule has 5 aliphatic rings. The van der Waals surface area contributed by atoms with Gasteiger partial charge in [-0.2, -0.15) is 9.58 Å². The molecule has 4 bridgehead atoms. The number of carbonyl (C=O) groups is 2. The molecule has 4 saturated heterocycles. The maximum atomic E-state index is 13.4. The van der Waals surface area contributed by atoms with Crippen molar-refractivity contribution < 1.29 is 23.7 Å². The number of piperazine rings is 1. The molecule has 8 rings (SSSR count). The number of ether oxygens (including phenoxy) is 2. The summed E-state index contributed by atoms with van der Waals surface area (Å²) >= 11 is 0. The molecular formula is C27H30N7O4+. The Balaban J connectivity index is 1.07. The first-order chi connectivity index (χ1) is 18.6. The molecule has 0 spiro atoms. The lowest BCUT2D eigenvalue weighted by atomic mass is 9.96. The third-order valence-electron chi connectivity index (χ3n) is 8.17. The van der Waals surface area contributed by atoms with E-state index < -0.39 is 0 Å². The Kier molecular flexibility index (Phi) is 5.46. The number of pyridine rings is 1. The van der Waals surface area contributed by atoms with Gasteiger partial charge >= 0.3 is 12.0 Å². The van der Waals surface area contributed by atoms with Crippen LogP contribution in [0.4, 0.5) is 16.4 Å². The van der Waals surface area contributed by atoms with Gasteiger partial charge in [0.2, 0.25) is 5.95 Å². The Morgan fingerprint density at radius 3 is 2.84 bits per heavy atom. The zero-order valence-corrected chi connectivity index (χ0v) is 21.2. The van der Waals surface area contributed by atoms with Crippen LogP contribution in [0.5, 0.6) is 0 Å². The largest absolute Gasteiger partial charge is 0.450 e. The number of benzene rings is 1. The van der Waals surface area contributed by atoms with Crippen LogP contribution in [0.3, 0.4) is 0 Å². The topological polar surface area (TPSA) is 101 Å². The molecule has 11 nitrogen and oxygen atoms in total. The van der Waals surface area contributed by atoms with Crippen LogP contribution in [0.15, 0.2) is 48.7 Å². The maximum absolute atomic E-state index is 13.4. The molecule has 11 heteroatoms. The summed E-state index contributed by atoms with van der Waals surface area (Å²) in [5.74, 6) is 0.623. The Bertz CT molecular complexity index is 1440. The number of quaternary nitrogens is 1. The van der Waals surface area contributed by atoms with Crippen molar-refractivity contribution in [2.45, 2.75) is 25.4 Å². The predicted octanol–water partition coefficient (Wildman–Crippen LogP) is 2.69. The lowest BCUT2D eigenvalue weighted by Crippen LogP contribution is -2.91. The minimum atomic E-state index is -0.282. The molecule has 0 saturated carbocycles. The van der Waals surface area contributed by atoms with Crippen molar-refractivity contribution in [3.05, 3.63) is 59.8 Å². The van der Waals surface area contributed by atoms with Crippen LogP contribution >= 0.6 is 0 Å². The van der Waals surface area contributed by atoms with Crippen LogP contribution < -0.4 is 5.32 Å². The molecule has 0 aliphatic carbocycles. The van der Waals surface area contributed by atoms with Gasteiger partial charge in [0.05, 0.1) is 18.8 Å². The van der Waals surface area contributed by atoms with Gasteiger partial charge in [-0.3, -0.25) is 0 Å². The van der Waals surface area contributed by atoms with Gasteiger partial charge in [-0.15, -0.1) is 10.1 Å². The fourth-order valence-corrected chi connectivity index (χ4v) is 6.20. The highest BCUT2D eigenvalue weighted by Crippen LogP contribution is 2.45. The second kappa shape index (κ2) is 8.90. The number of fused-ring (bicyclic) bond motifs is 3. The van der Waals surface area contributed by atoms with Gasteiger partial charge in [0, 0.05) is 30.5 Å². The van der Waals surface area contributed by atoms with Gasteiger partial charge in [0.1, 0.15) is 25.7 Å². The summed E-state index contributed by atoms with van der Waals surface area (Å²) < 4.78 is 13.0. The van der Waals surface area contributed by atoms with Gasteiger partial charge in [-0.05, 0) is 55.3 Å². The Morgan fingerprint density at radius 1 is 1.21 bits per heavy atom. The highest BCUT2D eigenvalue weighted by atomic mass is 16.6. The minimum absolute atomic E-state index is 0.146. The number of hydrogen-bond acceptors (Lipinski definition) is 8. The number of anilines is 2. The second-order valence-electron chi connectivity index (χ2n) is 10.2. The first kappa shape index (κ1) is 23.3. The van der Waals surface area contributed by atoms with Crippen LogP contribution in [0.25, 0.3) is 11.2 Å². The van der Waals surface area contributed by atoms with E-state index in [1.165, 1.54) is 0 Å². The lowest BCUT2D eigenvalue weighted by molar-refractivity contribution is -1.08. The average molecular weight is 517 g/mol. The minimum Gasteiger partial charge on any atom is -0.450 e. The van der Waals surface area contributed by atoms with E-state index in [9.17, 15) is 9.59 Å². The van der Waals surface area contributed by atoms with Crippen molar-refractivity contribution in [3.8, 4) is 0 Å². The van der Waals surface area contributed by atoms with Crippen LogP contribution in [0.1, 0.15) is 29.3 Å². The van der Waals surface area contributed by atoms with E-state index in [0.717, 1.165) is 48.6 Å². The highest BCUT2D eigenvalue weighted by Gasteiger charge is 2.72. The second-order valence-corrected chi connectivity index (χ2v) is 10.2. The standard InChI is InChI=1S/C27H29N7O4/c1-2-38-27(36)31-12-9-18(10-13-31)23-4-3-11-32-24(23)29-26(30-32)28-20-7-5-19(6-8-20)25(35)34-15-21-16-37-17-22(34)14-33(21)34/h3-9,11,21-22H,2,10,12-17H2,1H3/p+1. The molecule has 3 atom stereocenters. The van der Waals surface area contributed by atoms with Crippen molar-refractivity contribution in [2.24, 2.45) is 0 Å². The molecule has 0 radical (unpaired) electrons. The maximum Gasteiger partial charge on any atom is 0.410 e. The molecule has 3 unspecified atom stereocenters. The van der Waals surface area contributed by atoms with Crippen LogP contribution in [0, 0.1) is 0 Å². The number of carbonyl (C=O) groups excluding carboxylic acids is 2. The van der Waals surface area contributed by atoms with E-state index in [2.05, 4.69) is 21.5 Å². The monoisotopic (exact) mass is 516 g/mol. The number of rotatable bonds is 5. The first-order valence-electron chi connectivity index (χ1n) is 13.2. The van der Waals surface area contributed by atoms with Crippen molar-refractivity contribution in [2.75, 3.05) is 51.3 Å². The predicted molar refractivity (Wildman–Crippen MR) is 138 cm³/mol. The third kappa shape index (κ3) is 3.53. The van der Waals surface area contributed by atoms with Gasteiger partial charge in [0.25, 0.3) is 0 Å². The van der Waals surface area contributed by atoms with Crippen molar-refractivity contribution in [1.29, 1.82) is 0 Å². The van der Waals surface area contributed by atoms with Gasteiger partial charge in [0.15, 0.2) is 11.7 Å². The zero-order chi connectivity index (χ0) is 25.9. The summed E-state index contributed by atoms with van der Waals surface area (Å²) in [4.78, 5) is 31.9. The van der Waals surface area contributed by atoms with E-state index in [1.54, 1.807) is 9.42 Å². The molecule has 2 amide bonds. The fraction of sp³-hybridized carbons (Fsp3) is 0.407. The smallest absolute Gasteiger partial charge is 0.410 e. The third-order valence-corrected chi connectivity index (χ3v) is 8.17. The number of nitrogens with one attached hydrogen (secondary N) is 1. The fourth-order valence-electron chi connectivity index (χ4n) is 6.20. The Labute approximate surface area is 219 Å². The van der Waals surface area contributed by atoms with Crippen molar-refractivity contribution in [1.82, 2.24) is 24.5 Å². The summed E-state index contributed by atoms with van der Waals surface area (Å²) in [6.07, 6.45) is 4.36. The molecule has 196 valence electrons. The van der Waals surface area contributed by atoms with Crippen molar-refractivity contribution >= 4 is 34.9 Å². The highest BCUT2D eigenvalue weighted by molar-refractivity contribution is 5.90. The summed E-state index contributed by atoms with van der Waals surface area (Å²) in [6.45, 7) is 6.45. The molecular weight excluding hydrogens is 486 g/mol. The van der Waals surface area contributed by atoms with E-state index in [1.807, 2.05) is 49.5 Å². The van der Waals surface area contributed by atoms with E-state index >= 15 is 0 Å². The molecule has 3 aromatic rings. The van der Waals surface area contributed by atoms with Crippen LogP contribution in [-0.4, -0.2) is 99.2 Å². The quantitative estimate of drug-likeness (QED) is 0.517. The summed E-state index contributed by atoms with van der Waals surface area (Å²) in [5, 5.41) is 10.1. The van der Waals surface area contributed by atoms with E-state index in [0.29, 0.717) is 48.4 Å². The lowest BCUT2D eigenvalue weighted by Gasteiger charge is -2.64. The number of nitrogens with zero attached hydrogens (tertiary/aromatic N) is 6. The molecule has 1 aromatic carbocycles. The van der Waals surface area contributed by atoms with E-state index in [-0.39, 0.29) is 18.0 Å². The molecule has 4 fully saturated rings. The normalized spacial score (nSPS) is 26.1. The zero-order valence-electron chi connectivity index (χ0n) is 21.2. The molecule has 5 aliphatic heterocycles. The van der Waals surface area contributed by atoms with Crippen LogP contribution in [0.2, 0.25) is 0 Å². The van der Waals surface area contributed by atoms with Gasteiger partial charge in [-0.1, -0.05) is 6.08 Å². The Morgan fingerprint density at radius 2 is 2.08 bits per heavy atom. The van der Waals surface area contributed by atoms with Gasteiger partial charge < -0.3 is 19.7 Å². The summed E-state index contributed by atoms with van der Waals surface area (Å²) in [5.41, 5.74) is 4.39. The van der Waals surface area contributed by atoms with Crippen LogP contribution in [-0.2, 0) is 9.47 Å². The SMILES string of the molecule is CCOC(=O)N1CC=C(c2cccn3nc(Nc4ccc(C(=O)[N+]56CC7COCC5CN76)cc4)nc23)CC1. The van der Waals surface area contributed by atoms with Gasteiger partial charge in [-0.25, -0.2) is 14.1 Å². The number of aromatic nitrogens is 3. The molecule has 1 N–H and O–H groups in total. The van der Waals surface area contributed by atoms with E-state index in [4.69, 9.17) is 14.5 Å². The molecule has 38 heavy (non-hydrogen) atoms. The molecule has 2 aromatic heterocycles. The Hall–Kier alpha value is -3.80. The van der Waals surface area contributed by atoms with Crippen molar-refractivity contribution in [3.63, 3.8) is 0 Å².